The van der Waals surface area contributed by atoms with Crippen LogP contribution in [0.4, 0.5) is 11.4 Å². The van der Waals surface area contributed by atoms with Gasteiger partial charge < -0.3 is 4.42 Å². The van der Waals surface area contributed by atoms with Crippen LogP contribution in [0.2, 0.25) is 0 Å². The number of furan rings is 1. The third kappa shape index (κ3) is 2.81. The van der Waals surface area contributed by atoms with Gasteiger partial charge in [-0.1, -0.05) is 34.1 Å². The predicted octanol–water partition coefficient (Wildman–Crippen LogP) is 4.40. The molecule has 0 N–H and O–H groups in total. The maximum absolute atomic E-state index is 13.4. The van der Waals surface area contributed by atoms with Crippen molar-refractivity contribution in [2.45, 2.75) is 19.1 Å². The minimum absolute atomic E-state index is 0.292. The standard InChI is InChI=1S/C22H17BrN2O4/c1-13-5-2-3-6-16(13)25-19(17-7-4-12-28-17)18-20(29-25)22(27)24(21(18)26)15-10-8-14(23)9-11-15/h2-12,18-20H,1H3/t18-,19+,20-/m0/s1. The Bertz CT molecular complexity index is 1080. The second kappa shape index (κ2) is 6.86. The van der Waals surface area contributed by atoms with Gasteiger partial charge in [-0.15, -0.1) is 0 Å². The average Bonchev–Trinajstić information content (AvgIpc) is 3.41. The van der Waals surface area contributed by atoms with Crippen molar-refractivity contribution >= 4 is 39.1 Å². The Kier molecular flexibility index (Phi) is 4.29. The lowest BCUT2D eigenvalue weighted by Gasteiger charge is -2.28. The highest BCUT2D eigenvalue weighted by atomic mass is 79.9. The normalized spacial score (nSPS) is 23.7. The molecule has 0 bridgehead atoms. The highest BCUT2D eigenvalue weighted by Gasteiger charge is 2.61. The molecule has 6 nitrogen and oxygen atoms in total. The Balaban J connectivity index is 1.58. The predicted molar refractivity (Wildman–Crippen MR) is 110 cm³/mol. The Morgan fingerprint density at radius 1 is 0.931 bits per heavy atom. The largest absolute Gasteiger partial charge is 0.467 e. The van der Waals surface area contributed by atoms with Gasteiger partial charge in [-0.3, -0.25) is 14.4 Å². The number of hydrogen-bond acceptors (Lipinski definition) is 5. The van der Waals surface area contributed by atoms with Gasteiger partial charge in [0.15, 0.2) is 6.10 Å². The quantitative estimate of drug-likeness (QED) is 0.551. The van der Waals surface area contributed by atoms with E-state index in [0.29, 0.717) is 11.4 Å². The minimum Gasteiger partial charge on any atom is -0.467 e. The molecule has 0 radical (unpaired) electrons. The number of hydroxylamine groups is 1. The van der Waals surface area contributed by atoms with Crippen LogP contribution in [0.15, 0.2) is 75.8 Å². The number of para-hydroxylation sites is 1. The van der Waals surface area contributed by atoms with E-state index in [1.807, 2.05) is 37.3 Å². The Morgan fingerprint density at radius 2 is 1.69 bits per heavy atom. The molecule has 0 saturated carbocycles. The first-order chi connectivity index (χ1) is 14.1. The summed E-state index contributed by atoms with van der Waals surface area (Å²) in [6, 6.07) is 17.8. The second-order valence-corrected chi connectivity index (χ2v) is 8.03. The fraction of sp³-hybridized carbons (Fsp3) is 0.182. The number of amides is 2. The Morgan fingerprint density at radius 3 is 2.38 bits per heavy atom. The molecule has 5 rings (SSSR count). The summed E-state index contributed by atoms with van der Waals surface area (Å²) in [5.41, 5.74) is 2.31. The van der Waals surface area contributed by atoms with E-state index in [1.165, 1.54) is 4.90 Å². The smallest absolute Gasteiger partial charge is 0.266 e. The highest BCUT2D eigenvalue weighted by molar-refractivity contribution is 9.10. The SMILES string of the molecule is Cc1ccccc1N1O[C@@H]2C(=O)N(c3ccc(Br)cc3)C(=O)[C@H]2[C@H]1c1ccco1. The third-order valence-corrected chi connectivity index (χ3v) is 5.92. The fourth-order valence-corrected chi connectivity index (χ4v) is 4.29. The molecule has 0 spiro atoms. The van der Waals surface area contributed by atoms with Crippen molar-refractivity contribution in [3.05, 3.63) is 82.7 Å². The number of carbonyl (C=O) groups excluding carboxylic acids is 2. The monoisotopic (exact) mass is 452 g/mol. The van der Waals surface area contributed by atoms with Crippen LogP contribution in [-0.2, 0) is 14.4 Å². The van der Waals surface area contributed by atoms with Gasteiger partial charge in [0.1, 0.15) is 17.7 Å². The van der Waals surface area contributed by atoms with Gasteiger partial charge in [0, 0.05) is 4.47 Å². The van der Waals surface area contributed by atoms with Crippen molar-refractivity contribution < 1.29 is 18.8 Å². The van der Waals surface area contributed by atoms with Crippen molar-refractivity contribution in [3.63, 3.8) is 0 Å². The van der Waals surface area contributed by atoms with Gasteiger partial charge in [-0.05, 0) is 55.0 Å². The maximum Gasteiger partial charge on any atom is 0.266 e. The van der Waals surface area contributed by atoms with Gasteiger partial charge in [0.2, 0.25) is 5.91 Å². The summed E-state index contributed by atoms with van der Waals surface area (Å²) in [6.07, 6.45) is 0.660. The van der Waals surface area contributed by atoms with E-state index >= 15 is 0 Å². The molecule has 2 fully saturated rings. The van der Waals surface area contributed by atoms with Crippen molar-refractivity contribution in [1.29, 1.82) is 0 Å². The number of halogens is 1. The molecule has 7 heteroatoms. The Hall–Kier alpha value is -2.90. The van der Waals surface area contributed by atoms with Gasteiger partial charge in [0.25, 0.3) is 5.91 Å². The topological polar surface area (TPSA) is 63.0 Å². The first-order valence-electron chi connectivity index (χ1n) is 9.24. The summed E-state index contributed by atoms with van der Waals surface area (Å²) in [5.74, 6) is -0.772. The van der Waals surface area contributed by atoms with Crippen LogP contribution in [0.5, 0.6) is 0 Å². The lowest BCUT2D eigenvalue weighted by Crippen LogP contribution is -2.37. The summed E-state index contributed by atoms with van der Waals surface area (Å²) in [5, 5.41) is 1.65. The van der Waals surface area contributed by atoms with E-state index in [4.69, 9.17) is 9.25 Å². The van der Waals surface area contributed by atoms with Crippen LogP contribution in [0.1, 0.15) is 17.4 Å². The van der Waals surface area contributed by atoms with Crippen molar-refractivity contribution in [2.75, 3.05) is 9.96 Å². The molecular weight excluding hydrogens is 436 g/mol. The molecule has 2 saturated heterocycles. The minimum atomic E-state index is -0.902. The zero-order valence-electron chi connectivity index (χ0n) is 15.5. The molecule has 2 aliphatic heterocycles. The van der Waals surface area contributed by atoms with E-state index in [2.05, 4.69) is 15.9 Å². The molecule has 2 aliphatic rings. The van der Waals surface area contributed by atoms with Crippen molar-refractivity contribution in [3.8, 4) is 0 Å². The lowest BCUT2D eigenvalue weighted by atomic mass is 9.94. The number of nitrogens with zero attached hydrogens (tertiary/aromatic N) is 2. The fourth-order valence-electron chi connectivity index (χ4n) is 4.03. The summed E-state index contributed by atoms with van der Waals surface area (Å²) >= 11 is 3.38. The molecule has 0 unspecified atom stereocenters. The van der Waals surface area contributed by atoms with E-state index in [1.54, 1.807) is 41.7 Å². The number of rotatable bonds is 3. The van der Waals surface area contributed by atoms with Gasteiger partial charge in [0.05, 0.1) is 17.6 Å². The van der Waals surface area contributed by atoms with Crippen LogP contribution in [0.25, 0.3) is 0 Å². The molecule has 3 aromatic rings. The van der Waals surface area contributed by atoms with Crippen LogP contribution < -0.4 is 9.96 Å². The average molecular weight is 453 g/mol. The highest BCUT2D eigenvalue weighted by Crippen LogP contribution is 2.48. The zero-order chi connectivity index (χ0) is 20.1. The van der Waals surface area contributed by atoms with Gasteiger partial charge >= 0.3 is 0 Å². The molecule has 29 heavy (non-hydrogen) atoms. The van der Waals surface area contributed by atoms with E-state index in [0.717, 1.165) is 15.7 Å². The molecule has 2 aromatic carbocycles. The summed E-state index contributed by atoms with van der Waals surface area (Å²) < 4.78 is 6.52. The van der Waals surface area contributed by atoms with Crippen molar-refractivity contribution in [1.82, 2.24) is 0 Å². The number of anilines is 2. The molecule has 2 amide bonds. The number of carbonyl (C=O) groups is 2. The van der Waals surface area contributed by atoms with Crippen LogP contribution >= 0.6 is 15.9 Å². The number of aryl methyl sites for hydroxylation is 1. The third-order valence-electron chi connectivity index (χ3n) is 5.39. The zero-order valence-corrected chi connectivity index (χ0v) is 17.1. The van der Waals surface area contributed by atoms with Crippen molar-refractivity contribution in [2.24, 2.45) is 5.92 Å². The maximum atomic E-state index is 13.4. The molecule has 0 aliphatic carbocycles. The summed E-state index contributed by atoms with van der Waals surface area (Å²) in [7, 11) is 0. The number of imide groups is 1. The Labute approximate surface area is 175 Å². The number of hydrogen-bond donors (Lipinski definition) is 0. The van der Waals surface area contributed by atoms with E-state index < -0.39 is 18.1 Å². The first kappa shape index (κ1) is 18.1. The molecule has 146 valence electrons. The summed E-state index contributed by atoms with van der Waals surface area (Å²) in [4.78, 5) is 33.9. The first-order valence-corrected chi connectivity index (χ1v) is 10.0. The van der Waals surface area contributed by atoms with Crippen LogP contribution in [0, 0.1) is 12.8 Å². The molecular formula is C22H17BrN2O4. The van der Waals surface area contributed by atoms with E-state index in [9.17, 15) is 9.59 Å². The van der Waals surface area contributed by atoms with Crippen LogP contribution in [-0.4, -0.2) is 17.9 Å². The molecule has 1 aromatic heterocycles. The number of fused-ring (bicyclic) bond motifs is 1. The second-order valence-electron chi connectivity index (χ2n) is 7.11. The molecule has 3 heterocycles. The van der Waals surface area contributed by atoms with Crippen LogP contribution in [0.3, 0.4) is 0 Å². The van der Waals surface area contributed by atoms with Gasteiger partial charge in [-0.2, -0.15) is 0 Å². The molecule has 3 atom stereocenters. The van der Waals surface area contributed by atoms with E-state index in [-0.39, 0.29) is 11.8 Å². The number of benzene rings is 2. The summed E-state index contributed by atoms with van der Waals surface area (Å²) in [6.45, 7) is 1.96. The van der Waals surface area contributed by atoms with Gasteiger partial charge in [-0.25, -0.2) is 9.96 Å². The lowest BCUT2D eigenvalue weighted by molar-refractivity contribution is -0.126.